The van der Waals surface area contributed by atoms with Crippen molar-refractivity contribution in [2.24, 2.45) is 0 Å². The minimum absolute atomic E-state index is 0.0415. The van der Waals surface area contributed by atoms with Crippen molar-refractivity contribution in [3.8, 4) is 5.75 Å². The Balaban J connectivity index is 0.000000952. The van der Waals surface area contributed by atoms with E-state index < -0.39 is 99.4 Å². The molecule has 4 aromatic rings. The SMILES string of the molecule is CCn1c(CN(C=O)c2nc3cc[nH]c3nc2N)[n+](CC)c2cc(OCCN(C[C@H](O)[C@@H](O)[C@H](O)[C@H](O)CO)C[C@H](O)[C@@H](O)[C@H](O)[C@H](O)CO)ccc21.O=C(O)C(F)(F)F.O=C([O-])C(F)(F)F. The molecule has 14 N–H and O–H groups in total. The molecular weight excluding hydrogens is 926 g/mol. The lowest BCUT2D eigenvalue weighted by molar-refractivity contribution is -0.676. The maximum Gasteiger partial charge on any atom is 0.490 e. The number of carboxylic acids is 2. The van der Waals surface area contributed by atoms with Crippen LogP contribution in [-0.2, 0) is 34.0 Å². The molecule has 0 saturated carbocycles. The average Bonchev–Trinajstić information content (AvgIpc) is 3.86. The quantitative estimate of drug-likeness (QED) is 0.0200. The summed E-state index contributed by atoms with van der Waals surface area (Å²) >= 11 is 0. The van der Waals surface area contributed by atoms with E-state index >= 15 is 0 Å². The molecule has 1 aromatic carbocycles. The van der Waals surface area contributed by atoms with Crippen molar-refractivity contribution >= 4 is 52.2 Å². The number of ether oxygens (including phenoxy) is 1. The van der Waals surface area contributed by atoms with Gasteiger partial charge in [-0.3, -0.25) is 14.6 Å². The Morgan fingerprint density at radius 2 is 1.39 bits per heavy atom. The molecular formula is C37H52F6N8O16. The number of aliphatic carboxylic acids is 2. The third-order valence-electron chi connectivity index (χ3n) is 9.58. The smallest absolute Gasteiger partial charge is 0.490 e. The van der Waals surface area contributed by atoms with Gasteiger partial charge in [-0.1, -0.05) is 0 Å². The van der Waals surface area contributed by atoms with Crippen LogP contribution < -0.4 is 25.0 Å². The highest BCUT2D eigenvalue weighted by atomic mass is 19.4. The molecule has 4 rings (SSSR count). The van der Waals surface area contributed by atoms with Crippen LogP contribution in [0, 0.1) is 0 Å². The predicted octanol–water partition coefficient (Wildman–Crippen LogP) is -4.53. The van der Waals surface area contributed by atoms with Crippen molar-refractivity contribution in [2.75, 3.05) is 50.1 Å². The third kappa shape index (κ3) is 16.1. The van der Waals surface area contributed by atoms with Crippen LogP contribution in [0.2, 0.25) is 0 Å². The number of aliphatic hydroxyl groups excluding tert-OH is 10. The topological polar surface area (TPSA) is 389 Å². The van der Waals surface area contributed by atoms with E-state index in [9.17, 15) is 72.0 Å². The lowest BCUT2D eigenvalue weighted by atomic mass is 10.0. The lowest BCUT2D eigenvalue weighted by Crippen LogP contribution is -2.53. The number of imidazole rings is 1. The van der Waals surface area contributed by atoms with Crippen molar-refractivity contribution in [3.63, 3.8) is 0 Å². The molecule has 0 fully saturated rings. The molecule has 0 aliphatic rings. The molecule has 0 unspecified atom stereocenters. The van der Waals surface area contributed by atoms with Gasteiger partial charge >= 0.3 is 18.3 Å². The fourth-order valence-corrected chi connectivity index (χ4v) is 6.16. The number of alkyl halides is 6. The summed E-state index contributed by atoms with van der Waals surface area (Å²) < 4.78 is 73.4. The number of H-pyrrole nitrogens is 1. The van der Waals surface area contributed by atoms with Crippen LogP contribution in [0.4, 0.5) is 38.0 Å². The van der Waals surface area contributed by atoms with E-state index in [1.807, 2.05) is 29.0 Å². The van der Waals surface area contributed by atoms with E-state index in [0.717, 1.165) is 16.9 Å². The number of carbonyl (C=O) groups excluding carboxylic acids is 2. The molecule has 0 aliphatic carbocycles. The summed E-state index contributed by atoms with van der Waals surface area (Å²) in [6, 6.07) is 7.13. The molecule has 0 radical (unpaired) electrons. The molecule has 3 aromatic heterocycles. The first-order chi connectivity index (χ1) is 31.2. The number of carboxylic acid groups (broad SMARTS) is 2. The van der Waals surface area contributed by atoms with Gasteiger partial charge in [0.1, 0.15) is 67.0 Å². The number of nitrogens with zero attached hydrogens (tertiary/aromatic N) is 6. The van der Waals surface area contributed by atoms with Crippen molar-refractivity contribution in [3.05, 3.63) is 36.3 Å². The van der Waals surface area contributed by atoms with Gasteiger partial charge in [-0.2, -0.15) is 26.3 Å². The fourth-order valence-electron chi connectivity index (χ4n) is 6.16. The Labute approximate surface area is 374 Å². The second-order valence-electron chi connectivity index (χ2n) is 14.2. The Bertz CT molecular complexity index is 2140. The molecule has 0 spiro atoms. The van der Waals surface area contributed by atoms with Crippen LogP contribution >= 0.6 is 0 Å². The summed E-state index contributed by atoms with van der Waals surface area (Å²) in [5, 5.41) is 116. The first kappa shape index (κ1) is 57.6. The monoisotopic (exact) mass is 978 g/mol. The number of aromatic nitrogens is 5. The zero-order valence-electron chi connectivity index (χ0n) is 35.4. The standard InChI is InChI=1S/C33H51N8O12.2C2HF3O2/c1-3-40-20-6-5-18(11-21(20)41(4-2)26(40)14-39(17-44)33-31(34)37-32-19(36-33)7-8-35-32)53-10-9-38(12-22(45)27(49)29(51)24(47)15-42)13-23(46)28(50)30(52)25(48)16-43;2*3-2(4,5)1(6)7/h5-8,11,17,22-25,27-30,42-43,45-52H,3-4,9-10,12-16H2,1-2H3,(H3,34,35,37);2*(H,6,7)/q+1;;/p-1/t22-,23-,24+,25+,27+,28+,29+,30+;;/m0../s1. The van der Waals surface area contributed by atoms with Gasteiger partial charge in [-0.15, -0.1) is 0 Å². The number of fused-ring (bicyclic) bond motifs is 2. The first-order valence-electron chi connectivity index (χ1n) is 19.7. The van der Waals surface area contributed by atoms with Gasteiger partial charge in [0.15, 0.2) is 28.3 Å². The number of nitrogens with one attached hydrogen (secondary N) is 1. The number of benzene rings is 1. The van der Waals surface area contributed by atoms with E-state index in [4.69, 9.17) is 40.5 Å². The zero-order valence-corrected chi connectivity index (χ0v) is 35.4. The summed E-state index contributed by atoms with van der Waals surface area (Å²) in [5.74, 6) is -4.26. The Morgan fingerprint density at radius 3 is 1.82 bits per heavy atom. The van der Waals surface area contributed by atoms with Gasteiger partial charge in [-0.05, 0) is 32.0 Å². The van der Waals surface area contributed by atoms with Crippen LogP contribution in [0.15, 0.2) is 30.5 Å². The molecule has 24 nitrogen and oxygen atoms in total. The van der Waals surface area contributed by atoms with Gasteiger partial charge in [0, 0.05) is 31.9 Å². The number of nitrogen functional groups attached to an aromatic ring is 1. The van der Waals surface area contributed by atoms with Crippen molar-refractivity contribution < 1.29 is 111 Å². The number of hydrogen-bond acceptors (Lipinski definition) is 19. The maximum absolute atomic E-state index is 12.4. The highest BCUT2D eigenvalue weighted by molar-refractivity contribution is 5.84. The summed E-state index contributed by atoms with van der Waals surface area (Å²) in [4.78, 5) is 44.6. The van der Waals surface area contributed by atoms with Gasteiger partial charge in [0.25, 0.3) is 5.82 Å². The fraction of sp³-hybridized carbons (Fsp3) is 0.568. The second-order valence-corrected chi connectivity index (χ2v) is 14.2. The van der Waals surface area contributed by atoms with E-state index in [0.29, 0.717) is 36.4 Å². The predicted molar refractivity (Wildman–Crippen MR) is 213 cm³/mol. The van der Waals surface area contributed by atoms with Gasteiger partial charge in [0.2, 0.25) is 6.41 Å². The van der Waals surface area contributed by atoms with E-state index in [1.54, 1.807) is 24.4 Å². The van der Waals surface area contributed by atoms with Crippen molar-refractivity contribution in [2.45, 2.75) is 94.7 Å². The van der Waals surface area contributed by atoms with E-state index in [2.05, 4.69) is 15.0 Å². The van der Waals surface area contributed by atoms with Crippen molar-refractivity contribution in [1.82, 2.24) is 24.4 Å². The number of anilines is 2. The maximum atomic E-state index is 12.4. The number of amides is 1. The van der Waals surface area contributed by atoms with E-state index in [-0.39, 0.29) is 31.3 Å². The number of rotatable bonds is 22. The van der Waals surface area contributed by atoms with Crippen LogP contribution in [0.3, 0.4) is 0 Å². The summed E-state index contributed by atoms with van der Waals surface area (Å²) in [6.07, 6.45) is -22.5. The number of aliphatic hydroxyl groups is 10. The normalized spacial score (nSPS) is 15.6. The molecule has 30 heteroatoms. The molecule has 0 aliphatic heterocycles. The Morgan fingerprint density at radius 1 is 0.881 bits per heavy atom. The molecule has 1 amide bonds. The number of hydrogen-bond donors (Lipinski definition) is 13. The van der Waals surface area contributed by atoms with E-state index in [1.165, 1.54) is 9.80 Å². The minimum atomic E-state index is -5.19. The summed E-state index contributed by atoms with van der Waals surface area (Å²) in [7, 11) is 0. The van der Waals surface area contributed by atoms with Crippen LogP contribution in [0.1, 0.15) is 19.7 Å². The minimum Gasteiger partial charge on any atom is -0.542 e. The highest BCUT2D eigenvalue weighted by Crippen LogP contribution is 2.26. The molecule has 0 saturated heterocycles. The Kier molecular flexibility index (Phi) is 22.0. The van der Waals surface area contributed by atoms with Crippen LogP contribution in [0.25, 0.3) is 22.2 Å². The Hall–Kier alpha value is -5.54. The zero-order chi connectivity index (χ0) is 51.1. The number of aromatic amines is 1. The lowest BCUT2D eigenvalue weighted by Gasteiger charge is -2.33. The number of aryl methyl sites for hydroxylation is 2. The van der Waals surface area contributed by atoms with Crippen LogP contribution in [-0.4, -0.2) is 200 Å². The average molecular weight is 979 g/mol. The van der Waals surface area contributed by atoms with Crippen molar-refractivity contribution in [1.29, 1.82) is 0 Å². The summed E-state index contributed by atoms with van der Waals surface area (Å²) in [6.45, 7) is 2.40. The first-order valence-corrected chi connectivity index (χ1v) is 19.7. The van der Waals surface area contributed by atoms with Gasteiger partial charge < -0.3 is 81.5 Å². The largest absolute Gasteiger partial charge is 0.542 e. The molecule has 378 valence electrons. The van der Waals surface area contributed by atoms with Crippen LogP contribution in [0.5, 0.6) is 5.75 Å². The highest BCUT2D eigenvalue weighted by Gasteiger charge is 2.38. The van der Waals surface area contributed by atoms with Gasteiger partial charge in [0.05, 0.1) is 38.5 Å². The molecule has 0 bridgehead atoms. The number of halogens is 6. The third-order valence-corrected chi connectivity index (χ3v) is 9.58. The van der Waals surface area contributed by atoms with Gasteiger partial charge in [-0.25, -0.2) is 23.9 Å². The molecule has 8 atom stereocenters. The second kappa shape index (κ2) is 25.6. The molecule has 3 heterocycles. The number of carbonyl (C=O) groups is 3. The molecule has 67 heavy (non-hydrogen) atoms. The summed E-state index contributed by atoms with van der Waals surface area (Å²) in [5.41, 5.74) is 8.87. The number of nitrogens with two attached hydrogens (primary N) is 1.